The van der Waals surface area contributed by atoms with Crippen LogP contribution in [0.15, 0.2) is 18.7 Å². The van der Waals surface area contributed by atoms with Crippen molar-refractivity contribution in [2.45, 2.75) is 343 Å². The van der Waals surface area contributed by atoms with Crippen molar-refractivity contribution in [2.24, 2.45) is 17.8 Å². The van der Waals surface area contributed by atoms with Crippen molar-refractivity contribution in [2.75, 3.05) is 0 Å². The average molecular weight is 855 g/mol. The van der Waals surface area contributed by atoms with E-state index in [-0.39, 0.29) is 0 Å². The van der Waals surface area contributed by atoms with Crippen molar-refractivity contribution in [3.05, 3.63) is 18.7 Å². The van der Waals surface area contributed by atoms with Gasteiger partial charge in [0.05, 0.1) is 6.54 Å². The predicted octanol–water partition coefficient (Wildman–Crippen LogP) is 20.8. The summed E-state index contributed by atoms with van der Waals surface area (Å²) < 4.78 is 5.07. The van der Waals surface area contributed by atoms with E-state index in [0.717, 1.165) is 17.8 Å². The number of unbranched alkanes of at least 4 members (excludes halogenated alkanes) is 32. The molecule has 0 aliphatic carbocycles. The maximum absolute atomic E-state index is 2.61. The molecule has 0 radical (unpaired) electrons. The van der Waals surface area contributed by atoms with Gasteiger partial charge in [-0.15, -0.1) is 0 Å². The zero-order valence-corrected chi connectivity index (χ0v) is 43.5. The molecule has 61 heavy (non-hydrogen) atoms. The molecule has 0 saturated heterocycles. The number of nitrogens with zero attached hydrogens (tertiary/aromatic N) is 2. The summed E-state index contributed by atoms with van der Waals surface area (Å²) in [7, 11) is 0. The first-order chi connectivity index (χ1) is 30.0. The third-order valence-corrected chi connectivity index (χ3v) is 14.7. The predicted molar refractivity (Wildman–Crippen MR) is 276 cm³/mol. The minimum atomic E-state index is 0.675. The van der Waals surface area contributed by atoms with Crippen LogP contribution in [0.25, 0.3) is 0 Å². The van der Waals surface area contributed by atoms with Gasteiger partial charge < -0.3 is 0 Å². The average Bonchev–Trinajstić information content (AvgIpc) is 3.73. The minimum absolute atomic E-state index is 0.675. The summed E-state index contributed by atoms with van der Waals surface area (Å²) in [6.45, 7) is 15.4. The van der Waals surface area contributed by atoms with Crippen LogP contribution in [-0.4, -0.2) is 4.57 Å². The Morgan fingerprint density at radius 1 is 0.344 bits per heavy atom. The second kappa shape index (κ2) is 45.8. The summed E-state index contributed by atoms with van der Waals surface area (Å²) in [6, 6.07) is 0.675. The molecular formula is C59H117N2+. The molecule has 2 unspecified atom stereocenters. The highest BCUT2D eigenvalue weighted by atomic mass is 15.1. The van der Waals surface area contributed by atoms with Gasteiger partial charge in [-0.25, -0.2) is 9.13 Å². The van der Waals surface area contributed by atoms with Crippen molar-refractivity contribution in [3.63, 3.8) is 0 Å². The smallest absolute Gasteiger partial charge is 0.237 e. The summed E-state index contributed by atoms with van der Waals surface area (Å²) in [6.07, 6.45) is 72.5. The highest BCUT2D eigenvalue weighted by molar-refractivity contribution is 4.77. The third-order valence-electron chi connectivity index (χ3n) is 14.7. The van der Waals surface area contributed by atoms with E-state index in [1.54, 1.807) is 0 Å². The summed E-state index contributed by atoms with van der Waals surface area (Å²) in [4.78, 5) is 0. The summed E-state index contributed by atoms with van der Waals surface area (Å²) in [5, 5.41) is 0. The summed E-state index contributed by atoms with van der Waals surface area (Å²) >= 11 is 0. The van der Waals surface area contributed by atoms with Gasteiger partial charge in [0.15, 0.2) is 0 Å². The Morgan fingerprint density at radius 3 is 1.10 bits per heavy atom. The molecule has 0 aliphatic rings. The fourth-order valence-corrected chi connectivity index (χ4v) is 10.2. The first-order valence-electron chi connectivity index (χ1n) is 29.1. The normalized spacial score (nSPS) is 13.0. The van der Waals surface area contributed by atoms with E-state index < -0.39 is 0 Å². The summed E-state index contributed by atoms with van der Waals surface area (Å²) in [5.74, 6) is 2.67. The van der Waals surface area contributed by atoms with E-state index in [1.165, 1.54) is 295 Å². The number of rotatable bonds is 50. The highest BCUT2D eigenvalue weighted by Crippen LogP contribution is 2.29. The molecule has 0 N–H and O–H groups in total. The van der Waals surface area contributed by atoms with Crippen molar-refractivity contribution in [1.82, 2.24) is 4.57 Å². The van der Waals surface area contributed by atoms with Gasteiger partial charge in [0, 0.05) is 0 Å². The van der Waals surface area contributed by atoms with Gasteiger partial charge in [0.25, 0.3) is 0 Å². The summed E-state index contributed by atoms with van der Waals surface area (Å²) in [5.41, 5.74) is 0. The van der Waals surface area contributed by atoms with Gasteiger partial charge >= 0.3 is 0 Å². The lowest BCUT2D eigenvalue weighted by Crippen LogP contribution is -2.31. The van der Waals surface area contributed by atoms with Gasteiger partial charge in [-0.1, -0.05) is 298 Å². The van der Waals surface area contributed by atoms with Crippen LogP contribution in [0.4, 0.5) is 0 Å². The number of hydrogen-bond acceptors (Lipinski definition) is 0. The molecule has 0 saturated carbocycles. The number of imidazole rings is 1. The van der Waals surface area contributed by atoms with Gasteiger partial charge in [-0.3, -0.25) is 0 Å². The van der Waals surface area contributed by atoms with E-state index in [1.807, 2.05) is 0 Å². The van der Waals surface area contributed by atoms with Crippen LogP contribution in [-0.2, 0) is 6.54 Å². The highest BCUT2D eigenvalue weighted by Gasteiger charge is 2.19. The molecule has 0 aromatic carbocycles. The van der Waals surface area contributed by atoms with Gasteiger partial charge in [0.2, 0.25) is 6.33 Å². The molecule has 0 aliphatic heterocycles. The van der Waals surface area contributed by atoms with Crippen LogP contribution in [0.5, 0.6) is 0 Å². The monoisotopic (exact) mass is 854 g/mol. The molecule has 1 rings (SSSR count). The number of hydrogen-bond donors (Lipinski definition) is 0. The van der Waals surface area contributed by atoms with Crippen LogP contribution < -0.4 is 4.57 Å². The van der Waals surface area contributed by atoms with E-state index in [9.17, 15) is 0 Å². The Labute approximate surface area is 387 Å². The van der Waals surface area contributed by atoms with Gasteiger partial charge in [0.1, 0.15) is 18.4 Å². The Bertz CT molecular complexity index is 928. The van der Waals surface area contributed by atoms with Crippen molar-refractivity contribution in [1.29, 1.82) is 0 Å². The Balaban J connectivity index is 2.45. The molecule has 0 amide bonds. The van der Waals surface area contributed by atoms with Crippen molar-refractivity contribution < 1.29 is 4.57 Å². The van der Waals surface area contributed by atoms with Crippen molar-refractivity contribution >= 4 is 0 Å². The van der Waals surface area contributed by atoms with Gasteiger partial charge in [-0.2, -0.15) is 0 Å². The van der Waals surface area contributed by atoms with Crippen LogP contribution >= 0.6 is 0 Å². The maximum atomic E-state index is 2.61. The molecule has 2 nitrogen and oxygen atoms in total. The maximum Gasteiger partial charge on any atom is 0.243 e. The molecule has 2 heteroatoms. The quantitative estimate of drug-likeness (QED) is 0.0456. The lowest BCUT2D eigenvalue weighted by molar-refractivity contribution is -0.697. The topological polar surface area (TPSA) is 8.81 Å². The Hall–Kier alpha value is -0.790. The third kappa shape index (κ3) is 39.3. The van der Waals surface area contributed by atoms with Crippen LogP contribution in [0, 0.1) is 17.8 Å². The van der Waals surface area contributed by atoms with Crippen molar-refractivity contribution in [3.8, 4) is 0 Å². The molecule has 1 heterocycles. The van der Waals surface area contributed by atoms with Crippen LogP contribution in [0.3, 0.4) is 0 Å². The second-order valence-corrected chi connectivity index (χ2v) is 21.4. The molecule has 0 fully saturated rings. The molecule has 0 bridgehead atoms. The molecule has 1 aromatic heterocycles. The van der Waals surface area contributed by atoms with E-state index in [0.29, 0.717) is 6.04 Å². The molecule has 1 aromatic rings. The lowest BCUT2D eigenvalue weighted by atomic mass is 9.88. The van der Waals surface area contributed by atoms with Gasteiger partial charge in [-0.05, 0) is 49.9 Å². The van der Waals surface area contributed by atoms with Crippen LogP contribution in [0.1, 0.15) is 337 Å². The van der Waals surface area contributed by atoms with E-state index in [2.05, 4.69) is 69.4 Å². The lowest BCUT2D eigenvalue weighted by Gasteiger charge is -2.19. The van der Waals surface area contributed by atoms with Crippen LogP contribution in [0.2, 0.25) is 0 Å². The number of aromatic nitrogens is 2. The fraction of sp³-hybridized carbons (Fsp3) is 0.949. The molecular weight excluding hydrogens is 737 g/mol. The largest absolute Gasteiger partial charge is 0.243 e. The Kier molecular flexibility index (Phi) is 43.7. The molecule has 0 spiro atoms. The SMILES string of the molecule is CCCCCCCCCCCCCCCCCCC(CCCCCCCCCCCCCCCCCC)CCCCC(CCC(C)CCCC(C)C)n1cc[n+](CCCC)c1. The minimum Gasteiger partial charge on any atom is -0.237 e. The van der Waals surface area contributed by atoms with E-state index in [4.69, 9.17) is 0 Å². The number of aryl methyl sites for hydroxylation is 1. The zero-order chi connectivity index (χ0) is 44.1. The van der Waals surface area contributed by atoms with E-state index >= 15 is 0 Å². The standard InChI is InChI=1S/C59H117N2/c1-7-10-13-15-17-19-21-23-25-27-29-31-33-35-37-39-46-58(47-40-38-36-34-32-30-28-26-24-22-20-18-16-14-11-8-2)48-41-42-49-59(51-50-57(6)45-43-44-56(4)5)61-54-53-60(55-61)52-12-9-3/h53-59H,7-52H2,1-6H3/q+1. The first kappa shape index (κ1) is 58.2. The molecule has 2 atom stereocenters. The first-order valence-corrected chi connectivity index (χ1v) is 29.1. The molecule has 362 valence electrons. The Morgan fingerprint density at radius 2 is 0.705 bits per heavy atom. The fourth-order valence-electron chi connectivity index (χ4n) is 10.2. The zero-order valence-electron chi connectivity index (χ0n) is 43.5. The second-order valence-electron chi connectivity index (χ2n) is 21.4.